The van der Waals surface area contributed by atoms with Gasteiger partial charge in [-0.15, -0.1) is 35.7 Å². The molecule has 0 aliphatic rings. The third-order valence-electron chi connectivity index (χ3n) is 4.21. The Labute approximate surface area is 200 Å². The summed E-state index contributed by atoms with van der Waals surface area (Å²) in [5, 5.41) is 9.39. The smallest absolute Gasteiger partial charge is 0.257 e. The van der Waals surface area contributed by atoms with Crippen LogP contribution in [0.3, 0.4) is 0 Å². The van der Waals surface area contributed by atoms with Gasteiger partial charge in [0.1, 0.15) is 5.75 Å². The molecule has 8 heteroatoms. The maximum Gasteiger partial charge on any atom is 0.257 e. The second-order valence-corrected chi connectivity index (χ2v) is 7.33. The van der Waals surface area contributed by atoms with Crippen molar-refractivity contribution in [2.24, 2.45) is 4.99 Å². The molecule has 0 radical (unpaired) electrons. The number of aryl methyl sites for hydroxylation is 1. The SMILES string of the molecule is CCNC(=O)COc1cccc(CNC(=NC)NCc2ccc(C)cc2SC)c1.I. The first-order chi connectivity index (χ1) is 14.0. The Kier molecular flexibility index (Phi) is 12.3. The minimum Gasteiger partial charge on any atom is -0.484 e. The fourth-order valence-electron chi connectivity index (χ4n) is 2.73. The summed E-state index contributed by atoms with van der Waals surface area (Å²) in [7, 11) is 1.76. The van der Waals surface area contributed by atoms with Crippen LogP contribution in [0.15, 0.2) is 52.4 Å². The predicted molar refractivity (Wildman–Crippen MR) is 136 cm³/mol. The van der Waals surface area contributed by atoms with Crippen molar-refractivity contribution in [2.75, 3.05) is 26.5 Å². The van der Waals surface area contributed by atoms with Gasteiger partial charge in [0.25, 0.3) is 5.91 Å². The second-order valence-electron chi connectivity index (χ2n) is 6.48. The first-order valence-corrected chi connectivity index (χ1v) is 10.8. The maximum atomic E-state index is 11.5. The van der Waals surface area contributed by atoms with Crippen molar-refractivity contribution in [1.29, 1.82) is 0 Å². The van der Waals surface area contributed by atoms with Crippen LogP contribution in [0, 0.1) is 6.92 Å². The number of guanidine groups is 1. The predicted octanol–water partition coefficient (Wildman–Crippen LogP) is 3.72. The number of hydrogen-bond acceptors (Lipinski definition) is 4. The van der Waals surface area contributed by atoms with Crippen molar-refractivity contribution >= 4 is 47.6 Å². The van der Waals surface area contributed by atoms with Crippen molar-refractivity contribution < 1.29 is 9.53 Å². The molecule has 30 heavy (non-hydrogen) atoms. The van der Waals surface area contributed by atoms with Crippen LogP contribution in [0.5, 0.6) is 5.75 Å². The second kappa shape index (κ2) is 14.1. The first-order valence-electron chi connectivity index (χ1n) is 9.62. The normalized spacial score (nSPS) is 10.7. The van der Waals surface area contributed by atoms with Gasteiger partial charge in [-0.1, -0.05) is 24.3 Å². The minimum atomic E-state index is -0.124. The van der Waals surface area contributed by atoms with Gasteiger partial charge in [0.05, 0.1) is 0 Å². The van der Waals surface area contributed by atoms with Gasteiger partial charge in [-0.05, 0) is 55.0 Å². The molecule has 0 unspecified atom stereocenters. The van der Waals surface area contributed by atoms with Gasteiger partial charge < -0.3 is 20.7 Å². The van der Waals surface area contributed by atoms with Crippen LogP contribution in [-0.2, 0) is 17.9 Å². The average Bonchev–Trinajstić information content (AvgIpc) is 2.73. The zero-order valence-electron chi connectivity index (χ0n) is 18.0. The molecular weight excluding hydrogens is 511 g/mol. The van der Waals surface area contributed by atoms with E-state index in [-0.39, 0.29) is 36.5 Å². The number of nitrogens with zero attached hydrogens (tertiary/aromatic N) is 1. The van der Waals surface area contributed by atoms with Crippen molar-refractivity contribution in [3.05, 3.63) is 59.2 Å². The van der Waals surface area contributed by atoms with Gasteiger partial charge >= 0.3 is 0 Å². The van der Waals surface area contributed by atoms with Crippen LogP contribution in [-0.4, -0.2) is 38.3 Å². The molecule has 2 aromatic carbocycles. The van der Waals surface area contributed by atoms with Gasteiger partial charge in [0.15, 0.2) is 12.6 Å². The number of amides is 1. The van der Waals surface area contributed by atoms with E-state index >= 15 is 0 Å². The van der Waals surface area contributed by atoms with Gasteiger partial charge in [-0.2, -0.15) is 0 Å². The summed E-state index contributed by atoms with van der Waals surface area (Å²) in [6.45, 7) is 5.89. The molecule has 0 spiro atoms. The molecule has 2 rings (SSSR count). The highest BCUT2D eigenvalue weighted by molar-refractivity contribution is 14.0. The fourth-order valence-corrected chi connectivity index (χ4v) is 3.43. The molecule has 2 aromatic rings. The van der Waals surface area contributed by atoms with E-state index in [1.54, 1.807) is 18.8 Å². The third-order valence-corrected chi connectivity index (χ3v) is 5.03. The number of benzene rings is 2. The van der Waals surface area contributed by atoms with Crippen LogP contribution >= 0.6 is 35.7 Å². The highest BCUT2D eigenvalue weighted by Gasteiger charge is 2.05. The molecular formula is C22H31IN4O2S. The Balaban J connectivity index is 0.00000450. The molecule has 0 bridgehead atoms. The minimum absolute atomic E-state index is 0. The van der Waals surface area contributed by atoms with E-state index in [4.69, 9.17) is 4.74 Å². The quantitative estimate of drug-likeness (QED) is 0.195. The summed E-state index contributed by atoms with van der Waals surface area (Å²) >= 11 is 1.75. The number of likely N-dealkylation sites (N-methyl/N-ethyl adjacent to an activating group) is 1. The Morgan fingerprint density at radius 3 is 2.57 bits per heavy atom. The lowest BCUT2D eigenvalue weighted by Crippen LogP contribution is -2.36. The van der Waals surface area contributed by atoms with Crippen molar-refractivity contribution in [3.8, 4) is 5.75 Å². The van der Waals surface area contributed by atoms with Crippen LogP contribution in [0.2, 0.25) is 0 Å². The zero-order chi connectivity index (χ0) is 21.1. The largest absolute Gasteiger partial charge is 0.484 e. The molecule has 0 aliphatic carbocycles. The van der Waals surface area contributed by atoms with Crippen molar-refractivity contribution in [2.45, 2.75) is 31.8 Å². The average molecular weight is 542 g/mol. The van der Waals surface area contributed by atoms with E-state index in [1.807, 2.05) is 31.2 Å². The summed E-state index contributed by atoms with van der Waals surface area (Å²) in [6.07, 6.45) is 2.09. The number of halogens is 1. The van der Waals surface area contributed by atoms with E-state index in [0.717, 1.165) is 11.5 Å². The number of ether oxygens (including phenoxy) is 1. The number of hydrogen-bond donors (Lipinski definition) is 3. The van der Waals surface area contributed by atoms with Gasteiger partial charge in [0.2, 0.25) is 0 Å². The summed E-state index contributed by atoms with van der Waals surface area (Å²) in [5.74, 6) is 1.27. The first kappa shape index (κ1) is 26.1. The molecule has 3 N–H and O–H groups in total. The molecule has 0 fully saturated rings. The number of aliphatic imine (C=N–C) groups is 1. The van der Waals surface area contributed by atoms with Crippen molar-refractivity contribution in [3.63, 3.8) is 0 Å². The molecule has 0 aliphatic heterocycles. The lowest BCUT2D eigenvalue weighted by Gasteiger charge is -2.14. The van der Waals surface area contributed by atoms with E-state index < -0.39 is 0 Å². The molecule has 164 valence electrons. The van der Waals surface area contributed by atoms with Gasteiger partial charge in [0, 0.05) is 31.6 Å². The Morgan fingerprint density at radius 1 is 1.10 bits per heavy atom. The van der Waals surface area contributed by atoms with E-state index in [9.17, 15) is 4.79 Å². The molecule has 0 aromatic heterocycles. The lowest BCUT2D eigenvalue weighted by atomic mass is 10.1. The number of thioether (sulfide) groups is 1. The number of carbonyl (C=O) groups excluding carboxylic acids is 1. The summed E-state index contributed by atoms with van der Waals surface area (Å²) in [6, 6.07) is 14.2. The zero-order valence-corrected chi connectivity index (χ0v) is 21.1. The molecule has 0 saturated heterocycles. The number of rotatable bonds is 9. The molecule has 6 nitrogen and oxygen atoms in total. The summed E-state index contributed by atoms with van der Waals surface area (Å²) < 4.78 is 5.55. The third kappa shape index (κ3) is 8.83. The lowest BCUT2D eigenvalue weighted by molar-refractivity contribution is -0.122. The van der Waals surface area contributed by atoms with Crippen molar-refractivity contribution in [1.82, 2.24) is 16.0 Å². The van der Waals surface area contributed by atoms with E-state index in [1.165, 1.54) is 16.0 Å². The highest BCUT2D eigenvalue weighted by Crippen LogP contribution is 2.21. The Morgan fingerprint density at radius 2 is 1.87 bits per heavy atom. The molecule has 0 atom stereocenters. The van der Waals surface area contributed by atoms with Crippen LogP contribution in [0.25, 0.3) is 0 Å². The standard InChI is InChI=1S/C22H30N4O2S.HI/c1-5-24-21(27)15-28-19-8-6-7-17(12-19)13-25-22(23-3)26-14-18-10-9-16(2)11-20(18)29-4;/h6-12H,5,13-15H2,1-4H3,(H,24,27)(H2,23,25,26);1H. The van der Waals surface area contributed by atoms with Gasteiger partial charge in [-0.3, -0.25) is 9.79 Å². The number of carbonyl (C=O) groups is 1. The molecule has 1 amide bonds. The highest BCUT2D eigenvalue weighted by atomic mass is 127. The Hall–Kier alpha value is -1.94. The van der Waals surface area contributed by atoms with Crippen LogP contribution in [0.1, 0.15) is 23.6 Å². The summed E-state index contributed by atoms with van der Waals surface area (Å²) in [4.78, 5) is 17.1. The van der Waals surface area contributed by atoms with Crippen LogP contribution < -0.4 is 20.7 Å². The summed E-state index contributed by atoms with van der Waals surface area (Å²) in [5.41, 5.74) is 3.54. The van der Waals surface area contributed by atoms with Gasteiger partial charge in [-0.25, -0.2) is 0 Å². The monoisotopic (exact) mass is 542 g/mol. The number of nitrogens with one attached hydrogen (secondary N) is 3. The van der Waals surface area contributed by atoms with Crippen LogP contribution in [0.4, 0.5) is 0 Å². The van der Waals surface area contributed by atoms with E-state index in [0.29, 0.717) is 25.4 Å². The topological polar surface area (TPSA) is 74.8 Å². The fraction of sp³-hybridized carbons (Fsp3) is 0.364. The Bertz CT molecular complexity index is 846. The maximum absolute atomic E-state index is 11.5. The molecule has 0 saturated carbocycles. The van der Waals surface area contributed by atoms with E-state index in [2.05, 4.69) is 52.3 Å². The molecule has 0 heterocycles.